The average Bonchev–Trinajstić information content (AvgIpc) is 2.22. The van der Waals surface area contributed by atoms with Gasteiger partial charge in [-0.15, -0.1) is 0 Å². The molecular formula is C9H17N3O. The smallest absolute Gasteiger partial charge is 0.289 e. The van der Waals surface area contributed by atoms with Crippen LogP contribution < -0.4 is 11.3 Å². The van der Waals surface area contributed by atoms with E-state index in [1.165, 1.54) is 4.68 Å². The SMILES string of the molecule is CC(C)Cc1c(N)c(=O)n(C)n1C. The zero-order chi connectivity index (χ0) is 10.2. The van der Waals surface area contributed by atoms with Gasteiger partial charge in [0.05, 0.1) is 5.69 Å². The number of nitrogen functional groups attached to an aromatic ring is 1. The Morgan fingerprint density at radius 3 is 2.15 bits per heavy atom. The van der Waals surface area contributed by atoms with Gasteiger partial charge >= 0.3 is 0 Å². The summed E-state index contributed by atoms with van der Waals surface area (Å²) in [4.78, 5) is 11.4. The number of rotatable bonds is 2. The van der Waals surface area contributed by atoms with E-state index in [1.807, 2.05) is 11.7 Å². The molecule has 0 radical (unpaired) electrons. The quantitative estimate of drug-likeness (QED) is 0.726. The first-order chi connectivity index (χ1) is 5.95. The van der Waals surface area contributed by atoms with E-state index >= 15 is 0 Å². The Morgan fingerprint density at radius 1 is 1.31 bits per heavy atom. The minimum absolute atomic E-state index is 0.0989. The lowest BCUT2D eigenvalue weighted by molar-refractivity contribution is 0.528. The highest BCUT2D eigenvalue weighted by Crippen LogP contribution is 2.11. The number of anilines is 1. The zero-order valence-corrected chi connectivity index (χ0v) is 8.66. The highest BCUT2D eigenvalue weighted by atomic mass is 16.1. The van der Waals surface area contributed by atoms with E-state index in [-0.39, 0.29) is 5.56 Å². The highest BCUT2D eigenvalue weighted by Gasteiger charge is 2.13. The van der Waals surface area contributed by atoms with Crippen LogP contribution in [0.25, 0.3) is 0 Å². The molecule has 0 saturated heterocycles. The predicted molar refractivity (Wildman–Crippen MR) is 53.6 cm³/mol. The number of nitrogens with two attached hydrogens (primary N) is 1. The van der Waals surface area contributed by atoms with Crippen molar-refractivity contribution in [2.24, 2.45) is 20.0 Å². The Bertz CT molecular complexity index is 360. The van der Waals surface area contributed by atoms with Crippen LogP contribution >= 0.6 is 0 Å². The molecule has 0 aromatic carbocycles. The summed E-state index contributed by atoms with van der Waals surface area (Å²) in [5.41, 5.74) is 6.92. The molecule has 0 atom stereocenters. The van der Waals surface area contributed by atoms with Gasteiger partial charge in [0.25, 0.3) is 5.56 Å². The Morgan fingerprint density at radius 2 is 1.85 bits per heavy atom. The van der Waals surface area contributed by atoms with Crippen LogP contribution in [-0.4, -0.2) is 9.36 Å². The van der Waals surface area contributed by atoms with E-state index in [0.717, 1.165) is 12.1 Å². The first kappa shape index (κ1) is 9.89. The maximum Gasteiger partial charge on any atom is 0.289 e. The van der Waals surface area contributed by atoms with Gasteiger partial charge in [-0.25, -0.2) is 0 Å². The molecule has 1 aromatic rings. The fraction of sp³-hybridized carbons (Fsp3) is 0.667. The van der Waals surface area contributed by atoms with Gasteiger partial charge in [0.1, 0.15) is 5.69 Å². The summed E-state index contributed by atoms with van der Waals surface area (Å²) in [5.74, 6) is 0.510. The molecule has 0 amide bonds. The third-order valence-electron chi connectivity index (χ3n) is 2.28. The van der Waals surface area contributed by atoms with Gasteiger partial charge in [-0.1, -0.05) is 13.8 Å². The van der Waals surface area contributed by atoms with Gasteiger partial charge in [0, 0.05) is 14.1 Å². The molecule has 1 aromatic heterocycles. The molecule has 74 valence electrons. The van der Waals surface area contributed by atoms with Gasteiger partial charge in [-0.05, 0) is 12.3 Å². The topological polar surface area (TPSA) is 53.0 Å². The molecule has 0 spiro atoms. The molecule has 0 unspecified atom stereocenters. The van der Waals surface area contributed by atoms with E-state index in [4.69, 9.17) is 5.73 Å². The van der Waals surface area contributed by atoms with Crippen molar-refractivity contribution in [2.75, 3.05) is 5.73 Å². The van der Waals surface area contributed by atoms with E-state index < -0.39 is 0 Å². The Labute approximate surface area is 77.9 Å². The Hall–Kier alpha value is -1.19. The Balaban J connectivity index is 3.21. The zero-order valence-electron chi connectivity index (χ0n) is 8.66. The maximum atomic E-state index is 11.4. The van der Waals surface area contributed by atoms with Crippen LogP contribution in [0.5, 0.6) is 0 Å². The van der Waals surface area contributed by atoms with Crippen molar-refractivity contribution in [3.63, 3.8) is 0 Å². The second-order valence-corrected chi connectivity index (χ2v) is 3.81. The molecule has 0 aliphatic heterocycles. The van der Waals surface area contributed by atoms with Gasteiger partial charge in [-0.2, -0.15) is 0 Å². The average molecular weight is 183 g/mol. The van der Waals surface area contributed by atoms with E-state index in [1.54, 1.807) is 7.05 Å². The molecule has 13 heavy (non-hydrogen) atoms. The minimum Gasteiger partial charge on any atom is -0.393 e. The second-order valence-electron chi connectivity index (χ2n) is 3.81. The number of aromatic nitrogens is 2. The fourth-order valence-electron chi connectivity index (χ4n) is 1.42. The van der Waals surface area contributed by atoms with E-state index in [0.29, 0.717) is 11.6 Å². The van der Waals surface area contributed by atoms with Crippen molar-refractivity contribution < 1.29 is 0 Å². The third-order valence-corrected chi connectivity index (χ3v) is 2.28. The van der Waals surface area contributed by atoms with Crippen LogP contribution in [0.4, 0.5) is 5.69 Å². The predicted octanol–water partition coefficient (Wildman–Crippen LogP) is 0.504. The number of hydrogen-bond donors (Lipinski definition) is 1. The lowest BCUT2D eigenvalue weighted by Crippen LogP contribution is -2.18. The summed E-state index contributed by atoms with van der Waals surface area (Å²) in [6.07, 6.45) is 0.846. The number of nitrogens with zero attached hydrogens (tertiary/aromatic N) is 2. The molecule has 4 nitrogen and oxygen atoms in total. The summed E-state index contributed by atoms with van der Waals surface area (Å²) in [6, 6.07) is 0. The fourth-order valence-corrected chi connectivity index (χ4v) is 1.42. The van der Waals surface area contributed by atoms with E-state index in [2.05, 4.69) is 13.8 Å². The van der Waals surface area contributed by atoms with Crippen molar-refractivity contribution in [2.45, 2.75) is 20.3 Å². The molecule has 0 bridgehead atoms. The van der Waals surface area contributed by atoms with Crippen molar-refractivity contribution in [3.05, 3.63) is 16.0 Å². The molecule has 0 saturated carbocycles. The van der Waals surface area contributed by atoms with Crippen LogP contribution in [0.1, 0.15) is 19.5 Å². The van der Waals surface area contributed by atoms with Crippen molar-refractivity contribution >= 4 is 5.69 Å². The largest absolute Gasteiger partial charge is 0.393 e. The summed E-state index contributed by atoms with van der Waals surface area (Å²) >= 11 is 0. The molecule has 1 heterocycles. The van der Waals surface area contributed by atoms with Crippen molar-refractivity contribution in [1.82, 2.24) is 9.36 Å². The molecule has 2 N–H and O–H groups in total. The molecule has 0 fully saturated rings. The van der Waals surface area contributed by atoms with Gasteiger partial charge in [0.2, 0.25) is 0 Å². The maximum absolute atomic E-state index is 11.4. The summed E-state index contributed by atoms with van der Waals surface area (Å²) in [5, 5.41) is 0. The van der Waals surface area contributed by atoms with Gasteiger partial charge in [-0.3, -0.25) is 14.2 Å². The second kappa shape index (κ2) is 3.28. The number of hydrogen-bond acceptors (Lipinski definition) is 2. The van der Waals surface area contributed by atoms with Crippen LogP contribution in [0.3, 0.4) is 0 Å². The minimum atomic E-state index is -0.0989. The van der Waals surface area contributed by atoms with Gasteiger partial charge < -0.3 is 5.73 Å². The van der Waals surface area contributed by atoms with Crippen LogP contribution in [0.2, 0.25) is 0 Å². The molecule has 1 rings (SSSR count). The summed E-state index contributed by atoms with van der Waals surface area (Å²) in [7, 11) is 3.58. The summed E-state index contributed by atoms with van der Waals surface area (Å²) < 4.78 is 3.35. The molecule has 0 aliphatic carbocycles. The van der Waals surface area contributed by atoms with Crippen LogP contribution in [-0.2, 0) is 20.5 Å². The van der Waals surface area contributed by atoms with Crippen molar-refractivity contribution in [1.29, 1.82) is 0 Å². The first-order valence-corrected chi connectivity index (χ1v) is 4.45. The standard InChI is InChI=1S/C9H17N3O/c1-6(2)5-7-8(10)9(13)12(4)11(7)3/h6H,5,10H2,1-4H3. The monoisotopic (exact) mass is 183 g/mol. The lowest BCUT2D eigenvalue weighted by Gasteiger charge is -2.07. The third kappa shape index (κ3) is 1.61. The normalized spacial score (nSPS) is 11.2. The van der Waals surface area contributed by atoms with E-state index in [9.17, 15) is 4.79 Å². The summed E-state index contributed by atoms with van der Waals surface area (Å²) in [6.45, 7) is 4.22. The lowest BCUT2D eigenvalue weighted by atomic mass is 10.1. The molecular weight excluding hydrogens is 166 g/mol. The van der Waals surface area contributed by atoms with Gasteiger partial charge in [0.15, 0.2) is 0 Å². The molecule has 4 heteroatoms. The first-order valence-electron chi connectivity index (χ1n) is 4.45. The highest BCUT2D eigenvalue weighted by molar-refractivity contribution is 5.41. The Kier molecular flexibility index (Phi) is 2.50. The van der Waals surface area contributed by atoms with Crippen LogP contribution in [0, 0.1) is 5.92 Å². The van der Waals surface area contributed by atoms with Crippen LogP contribution in [0.15, 0.2) is 4.79 Å². The van der Waals surface area contributed by atoms with Crippen molar-refractivity contribution in [3.8, 4) is 0 Å². The molecule has 0 aliphatic rings.